The average molecular weight is 324 g/mol. The van der Waals surface area contributed by atoms with Gasteiger partial charge in [-0.15, -0.1) is 0 Å². The molecule has 0 unspecified atom stereocenters. The number of hydrogen-bond donors (Lipinski definition) is 1. The predicted molar refractivity (Wildman–Crippen MR) is 95.1 cm³/mol. The Bertz CT molecular complexity index is 967. The average Bonchev–Trinajstić information content (AvgIpc) is 2.57. The van der Waals surface area contributed by atoms with Crippen molar-refractivity contribution in [2.75, 3.05) is 14.2 Å². The van der Waals surface area contributed by atoms with Crippen molar-refractivity contribution in [1.82, 2.24) is 9.97 Å². The van der Waals surface area contributed by atoms with Gasteiger partial charge >= 0.3 is 0 Å². The minimum Gasteiger partial charge on any atom is -0.497 e. The molecule has 0 saturated heterocycles. The molecule has 0 spiro atoms. The Morgan fingerprint density at radius 3 is 2.21 bits per heavy atom. The van der Waals surface area contributed by atoms with Crippen LogP contribution in [0, 0.1) is 20.8 Å². The van der Waals surface area contributed by atoms with Crippen molar-refractivity contribution >= 4 is 10.9 Å². The predicted octanol–water partition coefficient (Wildman–Crippen LogP) is 3.53. The van der Waals surface area contributed by atoms with Crippen LogP contribution in [0.25, 0.3) is 22.3 Å². The lowest BCUT2D eigenvalue weighted by Gasteiger charge is -2.11. The number of nitrogens with one attached hydrogen (secondary N) is 1. The summed E-state index contributed by atoms with van der Waals surface area (Å²) >= 11 is 0. The van der Waals surface area contributed by atoms with E-state index >= 15 is 0 Å². The molecule has 5 nitrogen and oxygen atoms in total. The van der Waals surface area contributed by atoms with Crippen molar-refractivity contribution in [1.29, 1.82) is 0 Å². The van der Waals surface area contributed by atoms with Crippen LogP contribution in [0.15, 0.2) is 29.1 Å². The van der Waals surface area contributed by atoms with Crippen LogP contribution in [-0.4, -0.2) is 24.2 Å². The highest BCUT2D eigenvalue weighted by atomic mass is 16.5. The summed E-state index contributed by atoms with van der Waals surface area (Å²) in [5, 5.41) is 0.419. The van der Waals surface area contributed by atoms with Gasteiger partial charge in [0.15, 0.2) is 0 Å². The van der Waals surface area contributed by atoms with Crippen LogP contribution in [0.4, 0.5) is 0 Å². The number of methoxy groups -OCH3 is 2. The van der Waals surface area contributed by atoms with Crippen molar-refractivity contribution in [2.24, 2.45) is 0 Å². The quantitative estimate of drug-likeness (QED) is 0.800. The zero-order valence-electron chi connectivity index (χ0n) is 14.5. The number of aromatic amines is 1. The third-order valence-electron chi connectivity index (χ3n) is 4.40. The lowest BCUT2D eigenvalue weighted by Crippen LogP contribution is -2.11. The van der Waals surface area contributed by atoms with E-state index in [1.54, 1.807) is 19.2 Å². The fraction of sp³-hybridized carbons (Fsp3) is 0.263. The summed E-state index contributed by atoms with van der Waals surface area (Å²) in [5.41, 5.74) is 4.76. The molecule has 1 heterocycles. The largest absolute Gasteiger partial charge is 0.497 e. The maximum atomic E-state index is 12.6. The van der Waals surface area contributed by atoms with Gasteiger partial charge in [-0.05, 0) is 49.6 Å². The Hall–Kier alpha value is -2.82. The molecule has 0 saturated carbocycles. The minimum atomic E-state index is -0.231. The van der Waals surface area contributed by atoms with E-state index in [9.17, 15) is 4.79 Å². The molecule has 24 heavy (non-hydrogen) atoms. The molecule has 0 bridgehead atoms. The van der Waals surface area contributed by atoms with Crippen LogP contribution in [0.5, 0.6) is 11.5 Å². The lowest BCUT2D eigenvalue weighted by molar-refractivity contribution is 0.397. The van der Waals surface area contributed by atoms with Gasteiger partial charge in [-0.3, -0.25) is 4.79 Å². The fourth-order valence-electron chi connectivity index (χ4n) is 2.80. The van der Waals surface area contributed by atoms with E-state index in [2.05, 4.69) is 30.7 Å². The van der Waals surface area contributed by atoms with Crippen LogP contribution in [0.3, 0.4) is 0 Å². The van der Waals surface area contributed by atoms with Crippen molar-refractivity contribution in [2.45, 2.75) is 20.8 Å². The van der Waals surface area contributed by atoms with Crippen LogP contribution in [-0.2, 0) is 0 Å². The van der Waals surface area contributed by atoms with Crippen LogP contribution in [0.1, 0.15) is 16.7 Å². The molecule has 0 aliphatic rings. The number of aromatic nitrogens is 2. The zero-order valence-corrected chi connectivity index (χ0v) is 14.5. The molecular weight excluding hydrogens is 304 g/mol. The Labute approximate surface area is 140 Å². The summed E-state index contributed by atoms with van der Waals surface area (Å²) in [4.78, 5) is 20.1. The van der Waals surface area contributed by atoms with Crippen molar-refractivity contribution in [3.8, 4) is 22.9 Å². The maximum Gasteiger partial charge on any atom is 0.262 e. The lowest BCUT2D eigenvalue weighted by atomic mass is 10.0. The van der Waals surface area contributed by atoms with Gasteiger partial charge in [0, 0.05) is 17.7 Å². The van der Waals surface area contributed by atoms with E-state index in [0.717, 1.165) is 16.7 Å². The smallest absolute Gasteiger partial charge is 0.262 e. The second-order valence-corrected chi connectivity index (χ2v) is 5.87. The van der Waals surface area contributed by atoms with Crippen LogP contribution >= 0.6 is 0 Å². The van der Waals surface area contributed by atoms with E-state index in [0.29, 0.717) is 28.2 Å². The second kappa shape index (κ2) is 6.00. The minimum absolute atomic E-state index is 0.231. The molecule has 3 aromatic rings. The first-order valence-electron chi connectivity index (χ1n) is 7.69. The van der Waals surface area contributed by atoms with Gasteiger partial charge in [-0.1, -0.05) is 0 Å². The number of hydrogen-bond acceptors (Lipinski definition) is 4. The highest BCUT2D eigenvalue weighted by molar-refractivity contribution is 5.87. The molecule has 0 radical (unpaired) electrons. The van der Waals surface area contributed by atoms with E-state index in [1.807, 2.05) is 12.1 Å². The Morgan fingerprint density at radius 2 is 1.62 bits per heavy atom. The third kappa shape index (κ3) is 2.62. The molecule has 0 aliphatic carbocycles. The summed E-state index contributed by atoms with van der Waals surface area (Å²) in [5.74, 6) is 1.58. The Morgan fingerprint density at radius 1 is 0.958 bits per heavy atom. The fourth-order valence-corrected chi connectivity index (χ4v) is 2.80. The van der Waals surface area contributed by atoms with E-state index < -0.39 is 0 Å². The zero-order chi connectivity index (χ0) is 17.4. The molecule has 1 aromatic heterocycles. The molecule has 5 heteroatoms. The first-order valence-corrected chi connectivity index (χ1v) is 7.69. The molecule has 2 aromatic carbocycles. The molecule has 1 N–H and O–H groups in total. The van der Waals surface area contributed by atoms with Gasteiger partial charge in [-0.25, -0.2) is 4.98 Å². The molecule has 3 rings (SSSR count). The van der Waals surface area contributed by atoms with Gasteiger partial charge in [0.25, 0.3) is 5.56 Å². The molecule has 0 aliphatic heterocycles. The molecule has 0 atom stereocenters. The number of aryl methyl sites for hydroxylation is 2. The number of nitrogens with zero attached hydrogens (tertiary/aromatic N) is 1. The van der Waals surface area contributed by atoms with Crippen molar-refractivity contribution in [3.05, 3.63) is 51.3 Å². The Balaban J connectivity index is 2.30. The van der Waals surface area contributed by atoms with Crippen LogP contribution < -0.4 is 15.0 Å². The monoisotopic (exact) mass is 324 g/mol. The normalized spacial score (nSPS) is 10.9. The van der Waals surface area contributed by atoms with Gasteiger partial charge in [0.05, 0.1) is 19.7 Å². The van der Waals surface area contributed by atoms with Gasteiger partial charge in [-0.2, -0.15) is 0 Å². The maximum absolute atomic E-state index is 12.6. The second-order valence-electron chi connectivity index (χ2n) is 5.87. The third-order valence-corrected chi connectivity index (χ3v) is 4.40. The summed E-state index contributed by atoms with van der Waals surface area (Å²) < 4.78 is 10.6. The molecule has 0 fully saturated rings. The molecule has 124 valence electrons. The molecule has 0 amide bonds. The Kier molecular flexibility index (Phi) is 4.01. The van der Waals surface area contributed by atoms with Crippen molar-refractivity contribution < 1.29 is 9.47 Å². The summed E-state index contributed by atoms with van der Waals surface area (Å²) in [6.07, 6.45) is 0. The standard InChI is InChI=1S/C19H20N2O3/c1-10-6-13(7-11(2)12(10)3)18-20-15-8-14(23-4)9-16(24-5)17(15)19(22)21-18/h6-9H,1-5H3,(H,20,21,22). The topological polar surface area (TPSA) is 64.2 Å². The summed E-state index contributed by atoms with van der Waals surface area (Å²) in [7, 11) is 3.09. The van der Waals surface area contributed by atoms with E-state index in [1.165, 1.54) is 12.7 Å². The SMILES string of the molecule is COc1cc(OC)c2c(=O)[nH]c(-c3cc(C)c(C)c(C)c3)nc2c1. The number of fused-ring (bicyclic) bond motifs is 1. The van der Waals surface area contributed by atoms with Gasteiger partial charge in [0.2, 0.25) is 0 Å². The number of benzene rings is 2. The number of rotatable bonds is 3. The van der Waals surface area contributed by atoms with Crippen molar-refractivity contribution in [3.63, 3.8) is 0 Å². The molecular formula is C19H20N2O3. The summed E-state index contributed by atoms with van der Waals surface area (Å²) in [6, 6.07) is 7.48. The number of ether oxygens (including phenoxy) is 2. The van der Waals surface area contributed by atoms with Gasteiger partial charge in [0.1, 0.15) is 22.7 Å². The van der Waals surface area contributed by atoms with Crippen LogP contribution in [0.2, 0.25) is 0 Å². The highest BCUT2D eigenvalue weighted by Crippen LogP contribution is 2.29. The first-order chi connectivity index (χ1) is 11.4. The highest BCUT2D eigenvalue weighted by Gasteiger charge is 2.13. The van der Waals surface area contributed by atoms with Gasteiger partial charge < -0.3 is 14.5 Å². The number of H-pyrrole nitrogens is 1. The first kappa shape index (κ1) is 16.1. The summed E-state index contributed by atoms with van der Waals surface area (Å²) in [6.45, 7) is 6.19. The van der Waals surface area contributed by atoms with E-state index in [-0.39, 0.29) is 5.56 Å². The van der Waals surface area contributed by atoms with E-state index in [4.69, 9.17) is 9.47 Å².